The van der Waals surface area contributed by atoms with Gasteiger partial charge in [-0.15, -0.1) is 0 Å². The third-order valence-corrected chi connectivity index (χ3v) is 3.35. The fourth-order valence-electron chi connectivity index (χ4n) is 1.40. The Morgan fingerprint density at radius 1 is 1.21 bits per heavy atom. The van der Waals surface area contributed by atoms with Crippen LogP contribution in [0.4, 0.5) is 0 Å². The van der Waals surface area contributed by atoms with Crippen molar-refractivity contribution in [2.24, 2.45) is 0 Å². The summed E-state index contributed by atoms with van der Waals surface area (Å²) in [4.78, 5) is 0. The van der Waals surface area contributed by atoms with Crippen molar-refractivity contribution in [2.45, 2.75) is 19.8 Å². The minimum Gasteiger partial charge on any atom is -0.334 e. The van der Waals surface area contributed by atoms with Crippen molar-refractivity contribution in [3.8, 4) is 0 Å². The van der Waals surface area contributed by atoms with Crippen molar-refractivity contribution in [3.05, 3.63) is 29.8 Å². The van der Waals surface area contributed by atoms with Crippen LogP contribution in [-0.4, -0.2) is 14.2 Å². The predicted molar refractivity (Wildman–Crippen MR) is 61.0 cm³/mol. The third kappa shape index (κ3) is 3.06. The minimum atomic E-state index is -0.878. The highest BCUT2D eigenvalue weighted by atomic mass is 31.2. The van der Waals surface area contributed by atoms with Gasteiger partial charge in [0.25, 0.3) is 0 Å². The van der Waals surface area contributed by atoms with Crippen molar-refractivity contribution in [1.82, 2.24) is 0 Å². The molecule has 78 valence electrons. The van der Waals surface area contributed by atoms with E-state index in [2.05, 4.69) is 31.2 Å². The molecule has 0 aliphatic heterocycles. The molecular formula is C11H17O2P. The molecule has 1 aromatic carbocycles. The van der Waals surface area contributed by atoms with Crippen LogP contribution in [0.2, 0.25) is 0 Å². The molecule has 1 rings (SSSR count). The molecule has 0 aliphatic rings. The van der Waals surface area contributed by atoms with E-state index >= 15 is 0 Å². The quantitative estimate of drug-likeness (QED) is 0.699. The molecule has 0 fully saturated rings. The van der Waals surface area contributed by atoms with Crippen LogP contribution >= 0.6 is 8.38 Å². The maximum Gasteiger partial charge on any atom is 0.204 e. The summed E-state index contributed by atoms with van der Waals surface area (Å²) in [5, 5.41) is 1.15. The van der Waals surface area contributed by atoms with Crippen LogP contribution in [0.3, 0.4) is 0 Å². The second kappa shape index (κ2) is 6.13. The van der Waals surface area contributed by atoms with Crippen LogP contribution in [0.1, 0.15) is 18.9 Å². The zero-order valence-corrected chi connectivity index (χ0v) is 9.88. The molecule has 0 saturated carbocycles. The van der Waals surface area contributed by atoms with Gasteiger partial charge in [0.2, 0.25) is 8.38 Å². The van der Waals surface area contributed by atoms with Gasteiger partial charge in [0.1, 0.15) is 0 Å². The van der Waals surface area contributed by atoms with Crippen molar-refractivity contribution < 1.29 is 9.05 Å². The lowest BCUT2D eigenvalue weighted by molar-refractivity contribution is 0.350. The third-order valence-electron chi connectivity index (χ3n) is 1.99. The van der Waals surface area contributed by atoms with Crippen molar-refractivity contribution in [3.63, 3.8) is 0 Å². The Bertz CT molecular complexity index is 272. The smallest absolute Gasteiger partial charge is 0.204 e. The van der Waals surface area contributed by atoms with Gasteiger partial charge < -0.3 is 9.05 Å². The molecule has 0 heterocycles. The second-order valence-corrected chi connectivity index (χ2v) is 4.80. The fourth-order valence-corrected chi connectivity index (χ4v) is 2.45. The number of hydrogen-bond donors (Lipinski definition) is 0. The molecule has 0 aliphatic carbocycles. The highest BCUT2D eigenvalue weighted by Crippen LogP contribution is 2.34. The largest absolute Gasteiger partial charge is 0.334 e. The minimum absolute atomic E-state index is 0.878. The lowest BCUT2D eigenvalue weighted by Crippen LogP contribution is -2.04. The first-order valence-electron chi connectivity index (χ1n) is 4.79. The monoisotopic (exact) mass is 212 g/mol. The van der Waals surface area contributed by atoms with Gasteiger partial charge in [-0.3, -0.25) is 0 Å². The summed E-state index contributed by atoms with van der Waals surface area (Å²) in [5.74, 6) is 0. The van der Waals surface area contributed by atoms with Crippen LogP contribution in [0.25, 0.3) is 0 Å². The van der Waals surface area contributed by atoms with Crippen LogP contribution in [0, 0.1) is 0 Å². The first-order chi connectivity index (χ1) is 6.81. The lowest BCUT2D eigenvalue weighted by atomic mass is 10.1. The van der Waals surface area contributed by atoms with Crippen LogP contribution < -0.4 is 5.30 Å². The van der Waals surface area contributed by atoms with Gasteiger partial charge in [-0.25, -0.2) is 0 Å². The average Bonchev–Trinajstić information content (AvgIpc) is 2.21. The average molecular weight is 212 g/mol. The number of rotatable bonds is 5. The van der Waals surface area contributed by atoms with E-state index in [4.69, 9.17) is 9.05 Å². The number of benzene rings is 1. The van der Waals surface area contributed by atoms with Gasteiger partial charge in [0.15, 0.2) is 0 Å². The van der Waals surface area contributed by atoms with Gasteiger partial charge in [-0.05, 0) is 24.1 Å². The maximum atomic E-state index is 5.26. The Hall–Kier alpha value is -0.430. The standard InChI is InChI=1S/C11H17O2P/c1-4-6-10-7-5-8-11(9-10)14(12-2)13-3/h5,7-9H,4,6H2,1-3H3. The van der Waals surface area contributed by atoms with Crippen LogP contribution in [0.5, 0.6) is 0 Å². The first-order valence-corrected chi connectivity index (χ1v) is 5.96. The van der Waals surface area contributed by atoms with Gasteiger partial charge in [0, 0.05) is 19.5 Å². The van der Waals surface area contributed by atoms with E-state index in [1.54, 1.807) is 14.2 Å². The topological polar surface area (TPSA) is 18.5 Å². The molecule has 0 saturated heterocycles. The van der Waals surface area contributed by atoms with E-state index < -0.39 is 8.38 Å². The van der Waals surface area contributed by atoms with E-state index in [0.29, 0.717) is 0 Å². The molecule has 3 heteroatoms. The molecule has 2 nitrogen and oxygen atoms in total. The Morgan fingerprint density at radius 2 is 1.93 bits per heavy atom. The van der Waals surface area contributed by atoms with Gasteiger partial charge in [0.05, 0.1) is 0 Å². The summed E-state index contributed by atoms with van der Waals surface area (Å²) in [6.07, 6.45) is 2.28. The number of aryl methyl sites for hydroxylation is 1. The summed E-state index contributed by atoms with van der Waals surface area (Å²) >= 11 is 0. The molecule has 0 bridgehead atoms. The second-order valence-electron chi connectivity index (χ2n) is 3.04. The molecule has 0 spiro atoms. The predicted octanol–water partition coefficient (Wildman–Crippen LogP) is 2.87. The Morgan fingerprint density at radius 3 is 2.50 bits per heavy atom. The van der Waals surface area contributed by atoms with E-state index in [1.165, 1.54) is 12.0 Å². The summed E-state index contributed by atoms with van der Waals surface area (Å²) in [6.45, 7) is 2.18. The van der Waals surface area contributed by atoms with Gasteiger partial charge in [-0.1, -0.05) is 25.5 Å². The summed E-state index contributed by atoms with van der Waals surface area (Å²) in [6, 6.07) is 8.43. The number of hydrogen-bond acceptors (Lipinski definition) is 2. The Kier molecular flexibility index (Phi) is 5.10. The van der Waals surface area contributed by atoms with E-state index in [1.807, 2.05) is 0 Å². The Labute approximate surface area is 87.2 Å². The highest BCUT2D eigenvalue weighted by molar-refractivity contribution is 7.55. The molecule has 14 heavy (non-hydrogen) atoms. The molecule has 1 aromatic rings. The summed E-state index contributed by atoms with van der Waals surface area (Å²) in [5.41, 5.74) is 1.35. The van der Waals surface area contributed by atoms with Gasteiger partial charge >= 0.3 is 0 Å². The van der Waals surface area contributed by atoms with E-state index in [9.17, 15) is 0 Å². The van der Waals surface area contributed by atoms with Gasteiger partial charge in [-0.2, -0.15) is 0 Å². The lowest BCUT2D eigenvalue weighted by Gasteiger charge is -2.12. The summed E-state index contributed by atoms with van der Waals surface area (Å²) < 4.78 is 10.5. The molecular weight excluding hydrogens is 195 g/mol. The van der Waals surface area contributed by atoms with Crippen LogP contribution in [0.15, 0.2) is 24.3 Å². The zero-order chi connectivity index (χ0) is 10.4. The van der Waals surface area contributed by atoms with Crippen molar-refractivity contribution in [1.29, 1.82) is 0 Å². The SMILES string of the molecule is CCCc1cccc(P(OC)OC)c1. The zero-order valence-electron chi connectivity index (χ0n) is 8.99. The normalized spacial score (nSPS) is 10.9. The first kappa shape index (κ1) is 11.6. The highest BCUT2D eigenvalue weighted by Gasteiger charge is 2.09. The summed E-state index contributed by atoms with van der Waals surface area (Å²) in [7, 11) is 2.49. The molecule has 0 aromatic heterocycles. The van der Waals surface area contributed by atoms with E-state index in [0.717, 1.165) is 11.7 Å². The fraction of sp³-hybridized carbons (Fsp3) is 0.455. The Balaban J connectivity index is 2.81. The molecule has 0 unspecified atom stereocenters. The van der Waals surface area contributed by atoms with Crippen molar-refractivity contribution >= 4 is 13.7 Å². The molecule has 0 N–H and O–H groups in total. The molecule has 0 amide bonds. The maximum absolute atomic E-state index is 5.26. The molecule has 0 atom stereocenters. The van der Waals surface area contributed by atoms with E-state index in [-0.39, 0.29) is 0 Å². The van der Waals surface area contributed by atoms with Crippen molar-refractivity contribution in [2.75, 3.05) is 14.2 Å². The molecule has 0 radical (unpaired) electrons. The van der Waals surface area contributed by atoms with Crippen LogP contribution in [-0.2, 0) is 15.5 Å².